The summed E-state index contributed by atoms with van der Waals surface area (Å²) in [5.74, 6) is 1.12. The summed E-state index contributed by atoms with van der Waals surface area (Å²) in [4.78, 5) is 16.9. The number of nitrogens with one attached hydrogen (secondary N) is 1. The molecule has 1 N–H and O–H groups in total. The van der Waals surface area contributed by atoms with Crippen molar-refractivity contribution in [2.45, 2.75) is 6.54 Å². The van der Waals surface area contributed by atoms with Crippen LogP contribution in [0.25, 0.3) is 0 Å². The van der Waals surface area contributed by atoms with Crippen LogP contribution < -0.4 is 9.47 Å². The predicted molar refractivity (Wildman–Crippen MR) is 87.0 cm³/mol. The molecule has 0 atom stereocenters. The highest BCUT2D eigenvalue weighted by Crippen LogP contribution is 2.31. The highest BCUT2D eigenvalue weighted by Gasteiger charge is 2.17. The number of amides is 1. The highest BCUT2D eigenvalue weighted by molar-refractivity contribution is 7.71. The smallest absolute Gasteiger partial charge is 0.256 e. The maximum atomic E-state index is 12.5. The molecular formula is C16H18N2O3S. The van der Waals surface area contributed by atoms with Crippen LogP contribution >= 0.6 is 12.2 Å². The SMILES string of the molecule is COc1cccc(CN(C)C(=O)c2ccc[nH]c2=S)c1OC. The molecule has 0 aliphatic rings. The Morgan fingerprint density at radius 3 is 2.64 bits per heavy atom. The molecule has 5 nitrogen and oxygen atoms in total. The summed E-state index contributed by atoms with van der Waals surface area (Å²) in [6, 6.07) is 9.04. The summed E-state index contributed by atoms with van der Waals surface area (Å²) >= 11 is 5.15. The number of carbonyl (C=O) groups is 1. The minimum absolute atomic E-state index is 0.147. The molecule has 1 amide bonds. The Balaban J connectivity index is 2.26. The van der Waals surface area contributed by atoms with Gasteiger partial charge in [0.05, 0.1) is 19.8 Å². The molecule has 1 aromatic heterocycles. The second-order valence-electron chi connectivity index (χ2n) is 4.73. The quantitative estimate of drug-likeness (QED) is 0.861. The van der Waals surface area contributed by atoms with Gasteiger partial charge in [0.2, 0.25) is 0 Å². The monoisotopic (exact) mass is 318 g/mol. The van der Waals surface area contributed by atoms with Gasteiger partial charge in [-0.25, -0.2) is 0 Å². The number of benzene rings is 1. The molecule has 2 aromatic rings. The average molecular weight is 318 g/mol. The summed E-state index contributed by atoms with van der Waals surface area (Å²) in [6.07, 6.45) is 1.70. The van der Waals surface area contributed by atoms with Crippen molar-refractivity contribution in [3.63, 3.8) is 0 Å². The lowest BCUT2D eigenvalue weighted by Gasteiger charge is -2.20. The van der Waals surface area contributed by atoms with Gasteiger partial charge in [-0.3, -0.25) is 4.79 Å². The van der Waals surface area contributed by atoms with Crippen molar-refractivity contribution in [3.8, 4) is 11.5 Å². The van der Waals surface area contributed by atoms with Crippen molar-refractivity contribution in [3.05, 3.63) is 52.3 Å². The number of rotatable bonds is 5. The van der Waals surface area contributed by atoms with Crippen LogP contribution in [0, 0.1) is 4.64 Å². The molecule has 0 saturated heterocycles. The number of ether oxygens (including phenoxy) is 2. The molecule has 0 bridgehead atoms. The van der Waals surface area contributed by atoms with Crippen LogP contribution in [0.3, 0.4) is 0 Å². The van der Waals surface area contributed by atoms with E-state index in [4.69, 9.17) is 21.7 Å². The van der Waals surface area contributed by atoms with Crippen molar-refractivity contribution >= 4 is 18.1 Å². The first-order valence-electron chi connectivity index (χ1n) is 6.71. The van der Waals surface area contributed by atoms with E-state index in [0.29, 0.717) is 28.2 Å². The number of hydrogen-bond donors (Lipinski definition) is 1. The molecule has 0 saturated carbocycles. The lowest BCUT2D eigenvalue weighted by molar-refractivity contribution is 0.0783. The zero-order valence-electron chi connectivity index (χ0n) is 12.8. The van der Waals surface area contributed by atoms with Crippen molar-refractivity contribution in [1.29, 1.82) is 0 Å². The van der Waals surface area contributed by atoms with E-state index >= 15 is 0 Å². The van der Waals surface area contributed by atoms with Gasteiger partial charge in [0, 0.05) is 25.4 Å². The van der Waals surface area contributed by atoms with Gasteiger partial charge < -0.3 is 19.4 Å². The maximum Gasteiger partial charge on any atom is 0.256 e. The number of aromatic amines is 1. The van der Waals surface area contributed by atoms with E-state index in [1.165, 1.54) is 0 Å². The molecule has 22 heavy (non-hydrogen) atoms. The third-order valence-electron chi connectivity index (χ3n) is 3.29. The molecule has 6 heteroatoms. The molecule has 0 aliphatic carbocycles. The van der Waals surface area contributed by atoms with E-state index in [2.05, 4.69) is 4.98 Å². The van der Waals surface area contributed by atoms with Crippen molar-refractivity contribution in [2.75, 3.05) is 21.3 Å². The second kappa shape index (κ2) is 7.09. The van der Waals surface area contributed by atoms with Gasteiger partial charge in [0.25, 0.3) is 5.91 Å². The van der Waals surface area contributed by atoms with E-state index in [1.807, 2.05) is 18.2 Å². The second-order valence-corrected chi connectivity index (χ2v) is 5.14. The lowest BCUT2D eigenvalue weighted by Crippen LogP contribution is -2.26. The summed E-state index contributed by atoms with van der Waals surface area (Å²) in [5.41, 5.74) is 1.34. The maximum absolute atomic E-state index is 12.5. The molecular weight excluding hydrogens is 300 g/mol. The third-order valence-corrected chi connectivity index (χ3v) is 3.63. The number of nitrogens with zero attached hydrogens (tertiary/aromatic N) is 1. The zero-order valence-corrected chi connectivity index (χ0v) is 13.6. The van der Waals surface area contributed by atoms with E-state index in [-0.39, 0.29) is 5.91 Å². The first-order chi connectivity index (χ1) is 10.6. The van der Waals surface area contributed by atoms with E-state index in [0.717, 1.165) is 5.56 Å². The van der Waals surface area contributed by atoms with Crippen LogP contribution in [0.5, 0.6) is 11.5 Å². The summed E-state index contributed by atoms with van der Waals surface area (Å²) < 4.78 is 11.1. The van der Waals surface area contributed by atoms with Crippen LogP contribution in [0.1, 0.15) is 15.9 Å². The van der Waals surface area contributed by atoms with Gasteiger partial charge in [-0.05, 0) is 18.2 Å². The molecule has 0 radical (unpaired) electrons. The molecule has 0 unspecified atom stereocenters. The summed E-state index contributed by atoms with van der Waals surface area (Å²) in [6.45, 7) is 0.392. The van der Waals surface area contributed by atoms with Gasteiger partial charge in [-0.15, -0.1) is 0 Å². The van der Waals surface area contributed by atoms with Crippen molar-refractivity contribution < 1.29 is 14.3 Å². The Labute approximate surface area is 134 Å². The lowest BCUT2D eigenvalue weighted by atomic mass is 10.1. The number of hydrogen-bond acceptors (Lipinski definition) is 4. The topological polar surface area (TPSA) is 54.6 Å². The van der Waals surface area contributed by atoms with Crippen LogP contribution in [0.15, 0.2) is 36.5 Å². The van der Waals surface area contributed by atoms with Crippen LogP contribution in [0.4, 0.5) is 0 Å². The number of H-pyrrole nitrogens is 1. The Hall–Kier alpha value is -2.34. The number of carbonyl (C=O) groups excluding carboxylic acids is 1. The van der Waals surface area contributed by atoms with Crippen LogP contribution in [-0.4, -0.2) is 37.1 Å². The zero-order chi connectivity index (χ0) is 16.1. The number of aromatic nitrogens is 1. The molecule has 1 aromatic carbocycles. The number of pyridine rings is 1. The molecule has 0 aliphatic heterocycles. The fourth-order valence-electron chi connectivity index (χ4n) is 2.20. The van der Waals surface area contributed by atoms with Gasteiger partial charge in [-0.1, -0.05) is 24.4 Å². The third kappa shape index (κ3) is 3.28. The normalized spacial score (nSPS) is 10.1. The van der Waals surface area contributed by atoms with Crippen molar-refractivity contribution in [2.24, 2.45) is 0 Å². The minimum atomic E-state index is -0.147. The molecule has 2 rings (SSSR count). The molecule has 0 fully saturated rings. The van der Waals surface area contributed by atoms with Gasteiger partial charge >= 0.3 is 0 Å². The van der Waals surface area contributed by atoms with Gasteiger partial charge in [-0.2, -0.15) is 0 Å². The molecule has 1 heterocycles. The van der Waals surface area contributed by atoms with Crippen LogP contribution in [-0.2, 0) is 6.54 Å². The van der Waals surface area contributed by atoms with E-state index in [9.17, 15) is 4.79 Å². The van der Waals surface area contributed by atoms with E-state index in [1.54, 1.807) is 44.5 Å². The predicted octanol–water partition coefficient (Wildman–Crippen LogP) is 3.03. The van der Waals surface area contributed by atoms with Gasteiger partial charge in [0.15, 0.2) is 11.5 Å². The molecule has 0 spiro atoms. The average Bonchev–Trinajstić information content (AvgIpc) is 2.54. The Bertz CT molecular complexity index is 727. The van der Waals surface area contributed by atoms with Gasteiger partial charge in [0.1, 0.15) is 4.64 Å². The largest absolute Gasteiger partial charge is 0.493 e. The summed E-state index contributed by atoms with van der Waals surface area (Å²) in [5, 5.41) is 0. The fourth-order valence-corrected chi connectivity index (χ4v) is 2.42. The van der Waals surface area contributed by atoms with E-state index < -0.39 is 0 Å². The van der Waals surface area contributed by atoms with Crippen molar-refractivity contribution in [1.82, 2.24) is 9.88 Å². The first-order valence-corrected chi connectivity index (χ1v) is 7.12. The number of methoxy groups -OCH3 is 2. The Morgan fingerprint density at radius 1 is 1.23 bits per heavy atom. The Kier molecular flexibility index (Phi) is 5.16. The minimum Gasteiger partial charge on any atom is -0.493 e. The van der Waals surface area contributed by atoms with Crippen LogP contribution in [0.2, 0.25) is 0 Å². The number of para-hydroxylation sites is 1. The fraction of sp³-hybridized carbons (Fsp3) is 0.250. The highest BCUT2D eigenvalue weighted by atomic mass is 32.1. The Morgan fingerprint density at radius 2 is 2.00 bits per heavy atom. The molecule has 116 valence electrons. The first kappa shape index (κ1) is 16.0. The standard InChI is InChI=1S/C16H18N2O3S/c1-18(16(19)12-7-5-9-17-15(12)22)10-11-6-4-8-13(20-2)14(11)21-3/h4-9H,10H2,1-3H3,(H,17,22). The summed E-state index contributed by atoms with van der Waals surface area (Å²) in [7, 11) is 4.89.